The summed E-state index contributed by atoms with van der Waals surface area (Å²) in [5.41, 5.74) is 0.946. The molecule has 0 N–H and O–H groups in total. The minimum absolute atomic E-state index is 0.167. The number of hydrogen-bond acceptors (Lipinski definition) is 5. The Hall–Kier alpha value is -1.24. The van der Waals surface area contributed by atoms with E-state index in [0.29, 0.717) is 11.6 Å². The lowest BCUT2D eigenvalue weighted by Gasteiger charge is -2.26. The van der Waals surface area contributed by atoms with Crippen molar-refractivity contribution < 1.29 is 9.59 Å². The van der Waals surface area contributed by atoms with E-state index in [1.165, 1.54) is 9.80 Å². The number of imide groups is 1. The molecule has 1 aliphatic heterocycles. The Labute approximate surface area is 165 Å². The van der Waals surface area contributed by atoms with Crippen molar-refractivity contribution >= 4 is 40.7 Å². The van der Waals surface area contributed by atoms with E-state index < -0.39 is 0 Å². The number of benzene rings is 1. The SMILES string of the molecule is CCCCN(CCCC)CN1C(=O)S/C(=C/c2ccc(SC)cc2)C1=O. The molecule has 1 fully saturated rings. The van der Waals surface area contributed by atoms with Gasteiger partial charge in [0.1, 0.15) is 0 Å². The number of nitrogens with zero attached hydrogens (tertiary/aromatic N) is 2. The van der Waals surface area contributed by atoms with Crippen molar-refractivity contribution in [2.45, 2.75) is 44.4 Å². The van der Waals surface area contributed by atoms with E-state index in [1.807, 2.05) is 36.6 Å². The van der Waals surface area contributed by atoms with Crippen molar-refractivity contribution in [3.8, 4) is 0 Å². The second-order valence-electron chi connectivity index (χ2n) is 6.35. The van der Waals surface area contributed by atoms with Crippen LogP contribution in [0.5, 0.6) is 0 Å². The van der Waals surface area contributed by atoms with Crippen molar-refractivity contribution in [1.29, 1.82) is 0 Å². The molecular weight excluding hydrogens is 364 g/mol. The van der Waals surface area contributed by atoms with Gasteiger partial charge in [0.15, 0.2) is 0 Å². The predicted molar refractivity (Wildman–Crippen MR) is 112 cm³/mol. The molecule has 1 aliphatic rings. The molecule has 0 unspecified atom stereocenters. The molecule has 0 spiro atoms. The molecule has 1 aromatic rings. The van der Waals surface area contributed by atoms with Gasteiger partial charge in [-0.3, -0.25) is 19.4 Å². The van der Waals surface area contributed by atoms with Crippen LogP contribution in [0.2, 0.25) is 0 Å². The van der Waals surface area contributed by atoms with Crippen molar-refractivity contribution in [3.63, 3.8) is 0 Å². The summed E-state index contributed by atoms with van der Waals surface area (Å²) in [7, 11) is 0. The number of rotatable bonds is 10. The third-order valence-corrected chi connectivity index (χ3v) is 5.94. The van der Waals surface area contributed by atoms with Crippen LogP contribution in [0.1, 0.15) is 45.1 Å². The van der Waals surface area contributed by atoms with Gasteiger partial charge < -0.3 is 0 Å². The average molecular weight is 393 g/mol. The van der Waals surface area contributed by atoms with E-state index in [2.05, 4.69) is 18.7 Å². The molecule has 6 heteroatoms. The smallest absolute Gasteiger partial charge is 0.286 e. The summed E-state index contributed by atoms with van der Waals surface area (Å²) < 4.78 is 0. The third kappa shape index (κ3) is 5.89. The summed E-state index contributed by atoms with van der Waals surface area (Å²) in [6.07, 6.45) is 8.22. The molecule has 2 amide bonds. The largest absolute Gasteiger partial charge is 0.294 e. The molecule has 2 rings (SSSR count). The fraction of sp³-hybridized carbons (Fsp3) is 0.500. The highest BCUT2D eigenvalue weighted by Gasteiger charge is 2.35. The van der Waals surface area contributed by atoms with E-state index in [1.54, 1.807) is 11.8 Å². The Bertz CT molecular complexity index is 636. The minimum atomic E-state index is -0.174. The van der Waals surface area contributed by atoms with Crippen LogP contribution in [-0.2, 0) is 4.79 Å². The molecule has 0 saturated carbocycles. The van der Waals surface area contributed by atoms with Crippen LogP contribution in [0.3, 0.4) is 0 Å². The average Bonchev–Trinajstić information content (AvgIpc) is 2.91. The fourth-order valence-electron chi connectivity index (χ4n) is 2.69. The molecule has 1 saturated heterocycles. The summed E-state index contributed by atoms with van der Waals surface area (Å²) in [4.78, 5) is 30.4. The van der Waals surface area contributed by atoms with Crippen molar-refractivity contribution in [3.05, 3.63) is 34.7 Å². The van der Waals surface area contributed by atoms with Gasteiger partial charge in [-0.15, -0.1) is 11.8 Å². The van der Waals surface area contributed by atoms with Crippen LogP contribution in [0.4, 0.5) is 4.79 Å². The molecule has 0 bridgehead atoms. The van der Waals surface area contributed by atoms with E-state index >= 15 is 0 Å². The summed E-state index contributed by atoms with van der Waals surface area (Å²) in [6.45, 7) is 6.56. The summed E-state index contributed by atoms with van der Waals surface area (Å²) in [5.74, 6) is -0.174. The molecular formula is C20H28N2O2S2. The lowest BCUT2D eigenvalue weighted by atomic mass is 10.2. The normalized spacial score (nSPS) is 16.3. The van der Waals surface area contributed by atoms with Gasteiger partial charge in [0.05, 0.1) is 11.6 Å². The maximum atomic E-state index is 12.7. The van der Waals surface area contributed by atoms with Crippen LogP contribution in [-0.4, -0.2) is 47.0 Å². The maximum absolute atomic E-state index is 12.7. The zero-order valence-corrected chi connectivity index (χ0v) is 17.5. The Morgan fingerprint density at radius 1 is 1.08 bits per heavy atom. The van der Waals surface area contributed by atoms with E-state index in [9.17, 15) is 9.59 Å². The first-order chi connectivity index (χ1) is 12.6. The monoisotopic (exact) mass is 392 g/mol. The third-order valence-electron chi connectivity index (χ3n) is 4.28. The lowest BCUT2D eigenvalue weighted by molar-refractivity contribution is -0.124. The molecule has 0 atom stereocenters. The van der Waals surface area contributed by atoms with E-state index in [0.717, 1.165) is 56.1 Å². The first kappa shape index (κ1) is 21.1. The van der Waals surface area contributed by atoms with E-state index in [-0.39, 0.29) is 11.1 Å². The zero-order chi connectivity index (χ0) is 18.9. The molecule has 1 heterocycles. The lowest BCUT2D eigenvalue weighted by Crippen LogP contribution is -2.41. The summed E-state index contributed by atoms with van der Waals surface area (Å²) >= 11 is 2.72. The van der Waals surface area contributed by atoms with Crippen LogP contribution in [0.15, 0.2) is 34.1 Å². The number of carbonyl (C=O) groups is 2. The summed E-state index contributed by atoms with van der Waals surface area (Å²) in [5, 5.41) is -0.167. The minimum Gasteiger partial charge on any atom is -0.286 e. The van der Waals surface area contributed by atoms with Gasteiger partial charge in [0.2, 0.25) is 0 Å². The highest BCUT2D eigenvalue weighted by molar-refractivity contribution is 8.18. The quantitative estimate of drug-likeness (QED) is 0.399. The number of amides is 2. The molecule has 142 valence electrons. The van der Waals surface area contributed by atoms with Crippen molar-refractivity contribution in [1.82, 2.24) is 9.80 Å². The van der Waals surface area contributed by atoms with Crippen molar-refractivity contribution in [2.75, 3.05) is 26.0 Å². The Morgan fingerprint density at radius 2 is 1.69 bits per heavy atom. The first-order valence-corrected chi connectivity index (χ1v) is 11.2. The Balaban J connectivity index is 2.06. The standard InChI is InChI=1S/C20H28N2O2S2/c1-4-6-12-21(13-7-5-2)15-22-19(23)18(26-20(22)24)14-16-8-10-17(25-3)11-9-16/h8-11,14H,4-7,12-13,15H2,1-3H3/b18-14+. The van der Waals surface area contributed by atoms with Crippen LogP contribution in [0, 0.1) is 0 Å². The second-order valence-corrected chi connectivity index (χ2v) is 8.22. The fourth-order valence-corrected chi connectivity index (χ4v) is 3.93. The van der Waals surface area contributed by atoms with Crippen LogP contribution < -0.4 is 0 Å². The Kier molecular flexibility index (Phi) is 8.75. The van der Waals surface area contributed by atoms with Gasteiger partial charge in [-0.1, -0.05) is 38.8 Å². The van der Waals surface area contributed by atoms with Gasteiger partial charge in [0.25, 0.3) is 11.1 Å². The Morgan fingerprint density at radius 3 is 2.23 bits per heavy atom. The number of unbranched alkanes of at least 4 members (excludes halogenated alkanes) is 2. The molecule has 4 nitrogen and oxygen atoms in total. The molecule has 1 aromatic carbocycles. The van der Waals surface area contributed by atoms with Crippen LogP contribution in [0.25, 0.3) is 6.08 Å². The zero-order valence-electron chi connectivity index (χ0n) is 15.9. The number of thioether (sulfide) groups is 2. The summed E-state index contributed by atoms with van der Waals surface area (Å²) in [6, 6.07) is 8.01. The van der Waals surface area contributed by atoms with E-state index in [4.69, 9.17) is 0 Å². The van der Waals surface area contributed by atoms with Crippen molar-refractivity contribution in [2.24, 2.45) is 0 Å². The number of carbonyl (C=O) groups excluding carboxylic acids is 2. The predicted octanol–water partition coefficient (Wildman–Crippen LogP) is 5.30. The topological polar surface area (TPSA) is 40.6 Å². The van der Waals surface area contributed by atoms with Gasteiger partial charge in [-0.2, -0.15) is 0 Å². The number of hydrogen-bond donors (Lipinski definition) is 0. The second kappa shape index (κ2) is 10.8. The van der Waals surface area contributed by atoms with Gasteiger partial charge in [-0.25, -0.2) is 0 Å². The highest BCUT2D eigenvalue weighted by atomic mass is 32.2. The van der Waals surface area contributed by atoms with Gasteiger partial charge in [0, 0.05) is 4.90 Å². The highest BCUT2D eigenvalue weighted by Crippen LogP contribution is 2.32. The first-order valence-electron chi connectivity index (χ1n) is 9.20. The van der Waals surface area contributed by atoms with Gasteiger partial charge >= 0.3 is 0 Å². The molecule has 26 heavy (non-hydrogen) atoms. The van der Waals surface area contributed by atoms with Gasteiger partial charge in [-0.05, 0) is 67.7 Å². The molecule has 0 aliphatic carbocycles. The van der Waals surface area contributed by atoms with Crippen LogP contribution >= 0.6 is 23.5 Å². The molecule has 0 aromatic heterocycles. The molecule has 0 radical (unpaired) electrons. The maximum Gasteiger partial charge on any atom is 0.294 e.